The summed E-state index contributed by atoms with van der Waals surface area (Å²) < 4.78 is 0. The Bertz CT molecular complexity index is 794. The second-order valence-corrected chi connectivity index (χ2v) is 5.25. The molecular formula is C21H22. The highest BCUT2D eigenvalue weighted by molar-refractivity contribution is 5.93. The summed E-state index contributed by atoms with van der Waals surface area (Å²) in [7, 11) is 0. The first-order chi connectivity index (χ1) is 9.70. The Labute approximate surface area is 127 Å². The zero-order valence-corrected chi connectivity index (χ0v) is 12.0. The van der Waals surface area contributed by atoms with Gasteiger partial charge in [0.1, 0.15) is 0 Å². The van der Waals surface area contributed by atoms with E-state index in [0.717, 1.165) is 0 Å². The van der Waals surface area contributed by atoms with Gasteiger partial charge < -0.3 is 0 Å². The third kappa shape index (κ3) is 2.62. The lowest BCUT2D eigenvalue weighted by atomic mass is 9.94. The molecule has 0 atom stereocenters. The first-order valence-electron chi connectivity index (χ1n) is 6.92. The molecule has 0 amide bonds. The fourth-order valence-electron chi connectivity index (χ4n) is 2.75. The SMILES string of the molecule is C.C=Cc1ccccc1-c1ccc2c(C)ccc(C)c2c1. The summed E-state index contributed by atoms with van der Waals surface area (Å²) >= 11 is 0. The van der Waals surface area contributed by atoms with Crippen LogP contribution in [-0.2, 0) is 0 Å². The van der Waals surface area contributed by atoms with Crippen molar-refractivity contribution in [3.63, 3.8) is 0 Å². The van der Waals surface area contributed by atoms with Crippen LogP contribution >= 0.6 is 0 Å². The molecule has 0 heteroatoms. The Morgan fingerprint density at radius 3 is 2.19 bits per heavy atom. The molecule has 0 aliphatic carbocycles. The Morgan fingerprint density at radius 1 is 0.810 bits per heavy atom. The predicted octanol–water partition coefficient (Wildman–Crippen LogP) is 6.40. The maximum Gasteiger partial charge on any atom is -0.0111 e. The second kappa shape index (κ2) is 5.97. The molecule has 0 N–H and O–H groups in total. The molecule has 0 spiro atoms. The van der Waals surface area contributed by atoms with Gasteiger partial charge in [-0.15, -0.1) is 0 Å². The summed E-state index contributed by atoms with van der Waals surface area (Å²) in [5.74, 6) is 0. The molecule has 0 heterocycles. The summed E-state index contributed by atoms with van der Waals surface area (Å²) in [5, 5.41) is 2.67. The number of hydrogen-bond donors (Lipinski definition) is 0. The molecule has 0 saturated carbocycles. The van der Waals surface area contributed by atoms with E-state index in [9.17, 15) is 0 Å². The number of benzene rings is 3. The van der Waals surface area contributed by atoms with Crippen molar-refractivity contribution < 1.29 is 0 Å². The Hall–Kier alpha value is -2.34. The van der Waals surface area contributed by atoms with Crippen molar-refractivity contribution in [1.82, 2.24) is 0 Å². The van der Waals surface area contributed by atoms with Gasteiger partial charge in [-0.2, -0.15) is 0 Å². The average Bonchev–Trinajstić information content (AvgIpc) is 2.50. The third-order valence-corrected chi connectivity index (χ3v) is 3.94. The van der Waals surface area contributed by atoms with Gasteiger partial charge in [-0.1, -0.05) is 68.6 Å². The number of hydrogen-bond acceptors (Lipinski definition) is 0. The van der Waals surface area contributed by atoms with Gasteiger partial charge in [0.25, 0.3) is 0 Å². The minimum Gasteiger partial charge on any atom is -0.0984 e. The summed E-state index contributed by atoms with van der Waals surface area (Å²) in [6.45, 7) is 8.25. The standard InChI is InChI=1S/C20H18.CH4/c1-4-16-7-5-6-8-19(16)17-11-12-18-14(2)9-10-15(3)20(18)13-17;/h4-13H,1H2,2-3H3;1H4. The van der Waals surface area contributed by atoms with E-state index < -0.39 is 0 Å². The normalized spacial score (nSPS) is 10.2. The third-order valence-electron chi connectivity index (χ3n) is 3.94. The Morgan fingerprint density at radius 2 is 1.48 bits per heavy atom. The molecule has 0 nitrogen and oxygen atoms in total. The molecule has 0 radical (unpaired) electrons. The average molecular weight is 274 g/mol. The van der Waals surface area contributed by atoms with Crippen LogP contribution in [0.3, 0.4) is 0 Å². The number of rotatable bonds is 2. The van der Waals surface area contributed by atoms with Crippen LogP contribution in [0.25, 0.3) is 28.0 Å². The molecule has 0 bridgehead atoms. The molecule has 0 aliphatic rings. The fraction of sp³-hybridized carbons (Fsp3) is 0.143. The summed E-state index contributed by atoms with van der Waals surface area (Å²) in [6.07, 6.45) is 1.92. The van der Waals surface area contributed by atoms with Crippen LogP contribution in [0.15, 0.2) is 61.2 Å². The van der Waals surface area contributed by atoms with Crippen LogP contribution < -0.4 is 0 Å². The van der Waals surface area contributed by atoms with Gasteiger partial charge in [0.05, 0.1) is 0 Å². The Balaban J connectivity index is 0.00000161. The van der Waals surface area contributed by atoms with Gasteiger partial charge >= 0.3 is 0 Å². The van der Waals surface area contributed by atoms with E-state index in [4.69, 9.17) is 0 Å². The van der Waals surface area contributed by atoms with Crippen molar-refractivity contribution >= 4 is 16.8 Å². The van der Waals surface area contributed by atoms with Crippen LogP contribution in [0.4, 0.5) is 0 Å². The minimum absolute atomic E-state index is 0. The van der Waals surface area contributed by atoms with Crippen molar-refractivity contribution in [1.29, 1.82) is 0 Å². The summed E-state index contributed by atoms with van der Waals surface area (Å²) in [6, 6.07) is 19.5. The lowest BCUT2D eigenvalue weighted by Gasteiger charge is -2.10. The maximum absolute atomic E-state index is 3.91. The van der Waals surface area contributed by atoms with E-state index >= 15 is 0 Å². The van der Waals surface area contributed by atoms with Gasteiger partial charge in [-0.3, -0.25) is 0 Å². The minimum atomic E-state index is 0. The molecule has 21 heavy (non-hydrogen) atoms. The van der Waals surface area contributed by atoms with Gasteiger partial charge in [-0.25, -0.2) is 0 Å². The molecule has 0 saturated heterocycles. The van der Waals surface area contributed by atoms with Crippen molar-refractivity contribution in [2.45, 2.75) is 21.3 Å². The van der Waals surface area contributed by atoms with Crippen LogP contribution in [0.1, 0.15) is 24.1 Å². The fourth-order valence-corrected chi connectivity index (χ4v) is 2.75. The molecular weight excluding hydrogens is 252 g/mol. The molecule has 0 fully saturated rings. The van der Waals surface area contributed by atoms with Crippen molar-refractivity contribution in [2.75, 3.05) is 0 Å². The molecule has 106 valence electrons. The van der Waals surface area contributed by atoms with Crippen molar-refractivity contribution in [2.24, 2.45) is 0 Å². The van der Waals surface area contributed by atoms with E-state index in [2.05, 4.69) is 75.0 Å². The highest BCUT2D eigenvalue weighted by Gasteiger charge is 2.06. The van der Waals surface area contributed by atoms with E-state index in [1.807, 2.05) is 6.08 Å². The zero-order valence-electron chi connectivity index (χ0n) is 12.0. The van der Waals surface area contributed by atoms with Crippen LogP contribution in [-0.4, -0.2) is 0 Å². The van der Waals surface area contributed by atoms with Gasteiger partial charge in [0.15, 0.2) is 0 Å². The lowest BCUT2D eigenvalue weighted by Crippen LogP contribution is -1.86. The van der Waals surface area contributed by atoms with Crippen molar-refractivity contribution in [3.05, 3.63) is 77.9 Å². The highest BCUT2D eigenvalue weighted by atomic mass is 14.1. The van der Waals surface area contributed by atoms with E-state index in [-0.39, 0.29) is 7.43 Å². The molecule has 3 rings (SSSR count). The molecule has 0 aliphatic heterocycles. The number of fused-ring (bicyclic) bond motifs is 1. The first kappa shape index (κ1) is 15.1. The highest BCUT2D eigenvalue weighted by Crippen LogP contribution is 2.30. The first-order valence-corrected chi connectivity index (χ1v) is 6.92. The van der Waals surface area contributed by atoms with E-state index in [1.54, 1.807) is 0 Å². The summed E-state index contributed by atoms with van der Waals surface area (Å²) in [4.78, 5) is 0. The monoisotopic (exact) mass is 274 g/mol. The van der Waals surface area contributed by atoms with Crippen molar-refractivity contribution in [3.8, 4) is 11.1 Å². The molecule has 3 aromatic carbocycles. The van der Waals surface area contributed by atoms with Gasteiger partial charge in [0.2, 0.25) is 0 Å². The zero-order chi connectivity index (χ0) is 14.1. The van der Waals surface area contributed by atoms with Crippen LogP contribution in [0.2, 0.25) is 0 Å². The smallest absolute Gasteiger partial charge is 0.0111 e. The van der Waals surface area contributed by atoms with Gasteiger partial charge in [0, 0.05) is 0 Å². The maximum atomic E-state index is 3.91. The molecule has 3 aromatic rings. The van der Waals surface area contributed by atoms with E-state index in [1.165, 1.54) is 38.6 Å². The van der Waals surface area contributed by atoms with Gasteiger partial charge in [-0.05, 0) is 58.5 Å². The molecule has 0 aromatic heterocycles. The predicted molar refractivity (Wildman–Crippen MR) is 95.7 cm³/mol. The topological polar surface area (TPSA) is 0 Å². The largest absolute Gasteiger partial charge is 0.0984 e. The van der Waals surface area contributed by atoms with Crippen LogP contribution in [0.5, 0.6) is 0 Å². The van der Waals surface area contributed by atoms with E-state index in [0.29, 0.717) is 0 Å². The Kier molecular flexibility index (Phi) is 4.28. The lowest BCUT2D eigenvalue weighted by molar-refractivity contribution is 1.46. The van der Waals surface area contributed by atoms with Crippen LogP contribution in [0, 0.1) is 13.8 Å². The quantitative estimate of drug-likeness (QED) is 0.507. The number of aryl methyl sites for hydroxylation is 2. The summed E-state index contributed by atoms with van der Waals surface area (Å²) in [5.41, 5.74) is 6.32. The second-order valence-electron chi connectivity index (χ2n) is 5.25. The molecule has 0 unspecified atom stereocenters.